The second-order valence-electron chi connectivity index (χ2n) is 4.60. The van der Waals surface area contributed by atoms with E-state index in [9.17, 15) is 4.79 Å². The highest BCUT2D eigenvalue weighted by molar-refractivity contribution is 5.85. The van der Waals surface area contributed by atoms with Crippen LogP contribution in [0.3, 0.4) is 0 Å². The summed E-state index contributed by atoms with van der Waals surface area (Å²) in [6.45, 7) is 0.976. The highest BCUT2D eigenvalue weighted by Gasteiger charge is 2.34. The van der Waals surface area contributed by atoms with E-state index in [2.05, 4.69) is 5.10 Å². The Labute approximate surface area is 131 Å². The SMILES string of the molecule is COC(CN)C(=O)N1CCCC1c1cnn(C)c1.Cl.Cl. The molecule has 6 nitrogen and oxygen atoms in total. The number of aryl methyl sites for hydroxylation is 1. The van der Waals surface area contributed by atoms with Crippen LogP contribution in [0.25, 0.3) is 0 Å². The molecule has 1 aromatic heterocycles. The third-order valence-electron chi connectivity index (χ3n) is 3.42. The van der Waals surface area contributed by atoms with Gasteiger partial charge in [-0.3, -0.25) is 9.48 Å². The lowest BCUT2D eigenvalue weighted by Gasteiger charge is -2.27. The molecule has 2 rings (SSSR count). The van der Waals surface area contributed by atoms with Crippen LogP contribution >= 0.6 is 24.8 Å². The first kappa shape index (κ1) is 19.2. The zero-order valence-corrected chi connectivity index (χ0v) is 13.3. The fraction of sp³-hybridized carbons (Fsp3) is 0.667. The molecule has 2 N–H and O–H groups in total. The van der Waals surface area contributed by atoms with Crippen molar-refractivity contribution in [1.29, 1.82) is 0 Å². The number of hydrogen-bond donors (Lipinski definition) is 1. The maximum absolute atomic E-state index is 12.3. The Kier molecular flexibility index (Phi) is 8.12. The summed E-state index contributed by atoms with van der Waals surface area (Å²) in [4.78, 5) is 14.2. The normalized spacial score (nSPS) is 19.1. The number of hydrogen-bond acceptors (Lipinski definition) is 4. The summed E-state index contributed by atoms with van der Waals surface area (Å²) in [5.41, 5.74) is 6.63. The molecule has 1 amide bonds. The van der Waals surface area contributed by atoms with Gasteiger partial charge >= 0.3 is 0 Å². The first-order chi connectivity index (χ1) is 8.67. The predicted octanol–water partition coefficient (Wildman–Crippen LogP) is 0.901. The van der Waals surface area contributed by atoms with Gasteiger partial charge in [0.25, 0.3) is 5.91 Å². The van der Waals surface area contributed by atoms with E-state index in [1.165, 1.54) is 7.11 Å². The van der Waals surface area contributed by atoms with Gasteiger partial charge in [-0.1, -0.05) is 0 Å². The number of nitrogens with zero attached hydrogens (tertiary/aromatic N) is 3. The first-order valence-electron chi connectivity index (χ1n) is 6.19. The average Bonchev–Trinajstić information content (AvgIpc) is 2.98. The van der Waals surface area contributed by atoms with Crippen molar-refractivity contribution in [1.82, 2.24) is 14.7 Å². The lowest BCUT2D eigenvalue weighted by Crippen LogP contribution is -2.43. The van der Waals surface area contributed by atoms with Crippen molar-refractivity contribution >= 4 is 30.7 Å². The van der Waals surface area contributed by atoms with Gasteiger partial charge in [-0.2, -0.15) is 5.10 Å². The first-order valence-corrected chi connectivity index (χ1v) is 6.19. The van der Waals surface area contributed by atoms with Crippen molar-refractivity contribution in [3.05, 3.63) is 18.0 Å². The molecule has 0 bridgehead atoms. The Bertz CT molecular complexity index is 423. The van der Waals surface area contributed by atoms with E-state index in [0.29, 0.717) is 0 Å². The Morgan fingerprint density at radius 3 is 2.80 bits per heavy atom. The van der Waals surface area contributed by atoms with Gasteiger partial charge < -0.3 is 15.4 Å². The molecular formula is C12H22Cl2N4O2. The lowest BCUT2D eigenvalue weighted by atomic mass is 10.1. The third-order valence-corrected chi connectivity index (χ3v) is 3.42. The van der Waals surface area contributed by atoms with Crippen molar-refractivity contribution in [3.8, 4) is 0 Å². The molecule has 20 heavy (non-hydrogen) atoms. The maximum Gasteiger partial charge on any atom is 0.253 e. The number of aromatic nitrogens is 2. The zero-order valence-electron chi connectivity index (χ0n) is 11.7. The quantitative estimate of drug-likeness (QED) is 0.893. The van der Waals surface area contributed by atoms with Gasteiger partial charge in [0.1, 0.15) is 6.10 Å². The largest absolute Gasteiger partial charge is 0.370 e. The van der Waals surface area contributed by atoms with Crippen LogP contribution in [0.4, 0.5) is 0 Å². The minimum Gasteiger partial charge on any atom is -0.370 e. The van der Waals surface area contributed by atoms with Crippen LogP contribution in [-0.4, -0.2) is 46.9 Å². The molecule has 1 aliphatic heterocycles. The van der Waals surface area contributed by atoms with Crippen LogP contribution < -0.4 is 5.73 Å². The molecule has 0 spiro atoms. The zero-order chi connectivity index (χ0) is 13.1. The number of methoxy groups -OCH3 is 1. The van der Waals surface area contributed by atoms with E-state index in [0.717, 1.165) is 24.9 Å². The van der Waals surface area contributed by atoms with Crippen LogP contribution in [0.1, 0.15) is 24.4 Å². The van der Waals surface area contributed by atoms with E-state index < -0.39 is 6.10 Å². The van der Waals surface area contributed by atoms with E-state index in [1.54, 1.807) is 4.68 Å². The van der Waals surface area contributed by atoms with Gasteiger partial charge in [0, 0.05) is 39.0 Å². The van der Waals surface area contributed by atoms with Gasteiger partial charge in [0.2, 0.25) is 0 Å². The van der Waals surface area contributed by atoms with Gasteiger partial charge in [0.05, 0.1) is 12.2 Å². The summed E-state index contributed by atoms with van der Waals surface area (Å²) in [7, 11) is 3.40. The molecule has 0 saturated carbocycles. The van der Waals surface area contributed by atoms with Gasteiger partial charge in [-0.25, -0.2) is 0 Å². The molecule has 1 saturated heterocycles. The number of nitrogens with two attached hydrogens (primary N) is 1. The molecule has 2 atom stereocenters. The highest BCUT2D eigenvalue weighted by atomic mass is 35.5. The number of rotatable bonds is 4. The van der Waals surface area contributed by atoms with Gasteiger partial charge in [0.15, 0.2) is 0 Å². The molecule has 2 unspecified atom stereocenters. The number of carbonyl (C=O) groups is 1. The predicted molar refractivity (Wildman–Crippen MR) is 81.2 cm³/mol. The summed E-state index contributed by atoms with van der Waals surface area (Å²) in [5.74, 6) is -0.0219. The average molecular weight is 325 g/mol. The van der Waals surface area contributed by atoms with Crippen molar-refractivity contribution < 1.29 is 9.53 Å². The molecule has 1 fully saturated rings. The van der Waals surface area contributed by atoms with E-state index in [-0.39, 0.29) is 43.3 Å². The Hall–Kier alpha value is -0.820. The second kappa shape index (κ2) is 8.46. The van der Waals surface area contributed by atoms with E-state index >= 15 is 0 Å². The van der Waals surface area contributed by atoms with E-state index in [1.807, 2.05) is 24.3 Å². The summed E-state index contributed by atoms with van der Waals surface area (Å²) >= 11 is 0. The molecule has 8 heteroatoms. The molecule has 1 aliphatic rings. The maximum atomic E-state index is 12.3. The van der Waals surface area contributed by atoms with Crippen LogP contribution in [0.15, 0.2) is 12.4 Å². The smallest absolute Gasteiger partial charge is 0.253 e. The highest BCUT2D eigenvalue weighted by Crippen LogP contribution is 2.32. The van der Waals surface area contributed by atoms with Crippen molar-refractivity contribution in [3.63, 3.8) is 0 Å². The van der Waals surface area contributed by atoms with Crippen LogP contribution in [0.5, 0.6) is 0 Å². The van der Waals surface area contributed by atoms with Gasteiger partial charge in [-0.05, 0) is 12.8 Å². The Morgan fingerprint density at radius 2 is 2.30 bits per heavy atom. The number of carbonyl (C=O) groups excluding carboxylic acids is 1. The van der Waals surface area contributed by atoms with Crippen LogP contribution in [0, 0.1) is 0 Å². The van der Waals surface area contributed by atoms with E-state index in [4.69, 9.17) is 10.5 Å². The molecule has 0 aromatic carbocycles. The van der Waals surface area contributed by atoms with Gasteiger partial charge in [-0.15, -0.1) is 24.8 Å². The third kappa shape index (κ3) is 3.85. The standard InChI is InChI=1S/C12H20N4O2.2ClH/c1-15-8-9(7-14-15)10-4-3-5-16(10)12(17)11(6-13)18-2;;/h7-8,10-11H,3-6,13H2,1-2H3;2*1H. The van der Waals surface area contributed by atoms with Crippen LogP contribution in [-0.2, 0) is 16.6 Å². The molecule has 1 aromatic rings. The summed E-state index contributed by atoms with van der Waals surface area (Å²) in [6, 6.07) is 0.107. The minimum absolute atomic E-state index is 0. The molecule has 116 valence electrons. The monoisotopic (exact) mass is 324 g/mol. The van der Waals surface area contributed by atoms with Crippen molar-refractivity contribution in [2.24, 2.45) is 12.8 Å². The number of amides is 1. The Balaban J connectivity index is 0.00000180. The fourth-order valence-electron chi connectivity index (χ4n) is 2.47. The summed E-state index contributed by atoms with van der Waals surface area (Å²) in [6.07, 6.45) is 5.22. The minimum atomic E-state index is -0.540. The second-order valence-corrected chi connectivity index (χ2v) is 4.60. The number of halogens is 2. The lowest BCUT2D eigenvalue weighted by molar-refractivity contribution is -0.142. The molecule has 2 heterocycles. The molecule has 0 aliphatic carbocycles. The fourth-order valence-corrected chi connectivity index (χ4v) is 2.47. The molecular weight excluding hydrogens is 303 g/mol. The number of likely N-dealkylation sites (tertiary alicyclic amines) is 1. The summed E-state index contributed by atoms with van der Waals surface area (Å²) < 4.78 is 6.88. The Morgan fingerprint density at radius 1 is 1.60 bits per heavy atom. The van der Waals surface area contributed by atoms with Crippen LogP contribution in [0.2, 0.25) is 0 Å². The number of ether oxygens (including phenoxy) is 1. The topological polar surface area (TPSA) is 73.4 Å². The van der Waals surface area contributed by atoms with Crippen molar-refractivity contribution in [2.45, 2.75) is 25.0 Å². The van der Waals surface area contributed by atoms with Crippen molar-refractivity contribution in [2.75, 3.05) is 20.2 Å². The summed E-state index contributed by atoms with van der Waals surface area (Å²) in [5, 5.41) is 4.16. The molecule has 0 radical (unpaired) electrons.